The fourth-order valence-corrected chi connectivity index (χ4v) is 6.72. The molecule has 7 nitrogen and oxygen atoms in total. The summed E-state index contributed by atoms with van der Waals surface area (Å²) in [6.07, 6.45) is 9.49. The largest absolute Gasteiger partial charge is 0.480 e. The van der Waals surface area contributed by atoms with E-state index >= 15 is 0 Å². The predicted molar refractivity (Wildman–Crippen MR) is 101 cm³/mol. The molecule has 1 saturated heterocycles. The molecule has 0 aromatic rings. The van der Waals surface area contributed by atoms with Gasteiger partial charge in [-0.05, 0) is 74.5 Å². The van der Waals surface area contributed by atoms with Crippen LogP contribution in [0.5, 0.6) is 0 Å². The smallest absolute Gasteiger partial charge is 0.326 e. The fraction of sp³-hybridized carbons (Fsp3) is 0.857. The van der Waals surface area contributed by atoms with Gasteiger partial charge in [-0.25, -0.2) is 4.79 Å². The van der Waals surface area contributed by atoms with Crippen LogP contribution in [0.1, 0.15) is 57.8 Å². The first-order chi connectivity index (χ1) is 13.4. The van der Waals surface area contributed by atoms with Crippen molar-refractivity contribution in [3.8, 4) is 0 Å². The summed E-state index contributed by atoms with van der Waals surface area (Å²) in [5.74, 6) is 0.563. The Morgan fingerprint density at radius 1 is 1.04 bits per heavy atom. The van der Waals surface area contributed by atoms with Crippen LogP contribution in [-0.4, -0.2) is 48.7 Å². The first-order valence-electron chi connectivity index (χ1n) is 10.8. The molecule has 1 aliphatic heterocycles. The topological polar surface area (TPSA) is 105 Å². The number of carboxylic acids is 1. The van der Waals surface area contributed by atoms with Gasteiger partial charge in [-0.3, -0.25) is 9.59 Å². The second-order valence-electron chi connectivity index (χ2n) is 9.73. The van der Waals surface area contributed by atoms with E-state index in [1.807, 2.05) is 0 Å². The lowest BCUT2D eigenvalue weighted by Gasteiger charge is -2.56. The summed E-state index contributed by atoms with van der Waals surface area (Å²) in [5.41, 5.74) is 0.137. The molecule has 0 radical (unpaired) electrons. The standard InChI is InChI=1S/C21H32N2O5/c24-17(10-21-7-13-4-14(8-21)6-15(5-13)9-21)22-11-18(25)23-19(20(26)27)16-2-1-3-28-12-16/h13-16,19H,1-12H2,(H,22,24)(H,23,25)(H,26,27). The highest BCUT2D eigenvalue weighted by Crippen LogP contribution is 2.61. The molecule has 4 saturated carbocycles. The van der Waals surface area contributed by atoms with Gasteiger partial charge in [-0.15, -0.1) is 0 Å². The lowest BCUT2D eigenvalue weighted by atomic mass is 9.49. The lowest BCUT2D eigenvalue weighted by Crippen LogP contribution is -2.51. The Balaban J connectivity index is 1.25. The second kappa shape index (κ2) is 8.01. The van der Waals surface area contributed by atoms with Crippen molar-refractivity contribution in [3.63, 3.8) is 0 Å². The van der Waals surface area contributed by atoms with Gasteiger partial charge in [0.25, 0.3) is 0 Å². The van der Waals surface area contributed by atoms with Crippen LogP contribution in [0.4, 0.5) is 0 Å². The van der Waals surface area contributed by atoms with Gasteiger partial charge in [0, 0.05) is 18.9 Å². The third kappa shape index (κ3) is 4.34. The normalized spacial score (nSPS) is 37.3. The Morgan fingerprint density at radius 3 is 2.21 bits per heavy atom. The molecule has 0 spiro atoms. The van der Waals surface area contributed by atoms with Crippen LogP contribution >= 0.6 is 0 Å². The number of hydrogen-bond donors (Lipinski definition) is 3. The predicted octanol–water partition coefficient (Wildman–Crippen LogP) is 1.71. The van der Waals surface area contributed by atoms with Crippen molar-refractivity contribution in [2.24, 2.45) is 29.1 Å². The summed E-state index contributed by atoms with van der Waals surface area (Å²) in [5, 5.41) is 14.7. The van der Waals surface area contributed by atoms with Crippen molar-refractivity contribution in [2.75, 3.05) is 19.8 Å². The average Bonchev–Trinajstić information content (AvgIpc) is 2.63. The van der Waals surface area contributed by atoms with Crippen LogP contribution in [-0.2, 0) is 19.1 Å². The monoisotopic (exact) mass is 392 g/mol. The summed E-state index contributed by atoms with van der Waals surface area (Å²) in [6, 6.07) is -0.965. The van der Waals surface area contributed by atoms with E-state index < -0.39 is 17.9 Å². The van der Waals surface area contributed by atoms with Crippen molar-refractivity contribution in [1.29, 1.82) is 0 Å². The zero-order valence-corrected chi connectivity index (χ0v) is 16.5. The number of carbonyl (C=O) groups excluding carboxylic acids is 2. The average molecular weight is 392 g/mol. The molecular formula is C21H32N2O5. The molecular weight excluding hydrogens is 360 g/mol. The number of ether oxygens (including phenoxy) is 1. The van der Waals surface area contributed by atoms with Crippen LogP contribution < -0.4 is 10.6 Å². The SMILES string of the molecule is O=C(CC12CC3CC(CC(C3)C1)C2)NCC(=O)NC(C(=O)O)C1CCCOC1. The van der Waals surface area contributed by atoms with Crippen LogP contribution in [0.3, 0.4) is 0 Å². The maximum absolute atomic E-state index is 12.5. The number of rotatable bonds is 7. The van der Waals surface area contributed by atoms with Crippen LogP contribution in [0.25, 0.3) is 0 Å². The van der Waals surface area contributed by atoms with Gasteiger partial charge >= 0.3 is 5.97 Å². The van der Waals surface area contributed by atoms with Crippen molar-refractivity contribution in [2.45, 2.75) is 63.8 Å². The Hall–Kier alpha value is -1.63. The van der Waals surface area contributed by atoms with Gasteiger partial charge < -0.3 is 20.5 Å². The maximum atomic E-state index is 12.5. The van der Waals surface area contributed by atoms with Crippen molar-refractivity contribution in [1.82, 2.24) is 10.6 Å². The highest BCUT2D eigenvalue weighted by molar-refractivity contribution is 5.88. The van der Waals surface area contributed by atoms with E-state index in [2.05, 4.69) is 10.6 Å². The van der Waals surface area contributed by atoms with Crippen molar-refractivity contribution < 1.29 is 24.2 Å². The number of aliphatic carboxylic acids is 1. The van der Waals surface area contributed by atoms with E-state index in [0.717, 1.165) is 49.9 Å². The van der Waals surface area contributed by atoms with Gasteiger partial charge in [0.15, 0.2) is 0 Å². The molecule has 7 heteroatoms. The minimum absolute atomic E-state index is 0.0787. The van der Waals surface area contributed by atoms with E-state index in [1.54, 1.807) is 0 Å². The molecule has 2 atom stereocenters. The highest BCUT2D eigenvalue weighted by Gasteiger charge is 2.51. The number of amides is 2. The zero-order valence-electron chi connectivity index (χ0n) is 16.5. The molecule has 156 valence electrons. The Bertz CT molecular complexity index is 593. The third-order valence-corrected chi connectivity index (χ3v) is 7.40. The zero-order chi connectivity index (χ0) is 19.7. The van der Waals surface area contributed by atoms with E-state index in [9.17, 15) is 19.5 Å². The fourth-order valence-electron chi connectivity index (χ4n) is 6.72. The van der Waals surface area contributed by atoms with E-state index in [1.165, 1.54) is 19.3 Å². The molecule has 4 aliphatic carbocycles. The summed E-state index contributed by atoms with van der Waals surface area (Å²) in [4.78, 5) is 36.3. The van der Waals surface area contributed by atoms with Gasteiger partial charge in [-0.2, -0.15) is 0 Å². The minimum atomic E-state index is -1.05. The Kier molecular flexibility index (Phi) is 5.63. The number of carbonyl (C=O) groups is 3. The van der Waals surface area contributed by atoms with Gasteiger partial charge in [0.05, 0.1) is 13.2 Å². The molecule has 2 unspecified atom stereocenters. The molecule has 5 rings (SSSR count). The molecule has 2 amide bonds. The van der Waals surface area contributed by atoms with E-state index in [-0.39, 0.29) is 23.8 Å². The Morgan fingerprint density at radius 2 is 1.68 bits per heavy atom. The number of nitrogens with one attached hydrogen (secondary N) is 2. The summed E-state index contributed by atoms with van der Waals surface area (Å²) < 4.78 is 5.34. The molecule has 5 aliphatic rings. The number of hydrogen-bond acceptors (Lipinski definition) is 4. The second-order valence-corrected chi connectivity index (χ2v) is 9.73. The lowest BCUT2D eigenvalue weighted by molar-refractivity contribution is -0.145. The summed E-state index contributed by atoms with van der Waals surface area (Å²) >= 11 is 0. The van der Waals surface area contributed by atoms with Crippen LogP contribution in [0.15, 0.2) is 0 Å². The van der Waals surface area contributed by atoms with Gasteiger partial charge in [-0.1, -0.05) is 0 Å². The highest BCUT2D eigenvalue weighted by atomic mass is 16.5. The maximum Gasteiger partial charge on any atom is 0.326 e. The quantitative estimate of drug-likeness (QED) is 0.612. The van der Waals surface area contributed by atoms with E-state index in [4.69, 9.17) is 4.74 Å². The summed E-state index contributed by atoms with van der Waals surface area (Å²) in [7, 11) is 0. The van der Waals surface area contributed by atoms with Crippen LogP contribution in [0, 0.1) is 29.1 Å². The van der Waals surface area contributed by atoms with Gasteiger partial charge in [0.2, 0.25) is 11.8 Å². The van der Waals surface area contributed by atoms with Crippen LogP contribution in [0.2, 0.25) is 0 Å². The molecule has 3 N–H and O–H groups in total. The molecule has 0 aromatic heterocycles. The molecule has 4 bridgehead atoms. The minimum Gasteiger partial charge on any atom is -0.480 e. The third-order valence-electron chi connectivity index (χ3n) is 7.40. The number of carboxylic acid groups (broad SMARTS) is 1. The first kappa shape index (κ1) is 19.7. The molecule has 5 fully saturated rings. The van der Waals surface area contributed by atoms with Crippen molar-refractivity contribution in [3.05, 3.63) is 0 Å². The first-order valence-corrected chi connectivity index (χ1v) is 10.8. The van der Waals surface area contributed by atoms with E-state index in [0.29, 0.717) is 19.6 Å². The summed E-state index contributed by atoms with van der Waals surface area (Å²) in [6.45, 7) is 0.815. The molecule has 28 heavy (non-hydrogen) atoms. The molecule has 1 heterocycles. The van der Waals surface area contributed by atoms with Gasteiger partial charge in [0.1, 0.15) is 6.04 Å². The Labute approximate surface area is 166 Å². The molecule has 0 aromatic carbocycles. The van der Waals surface area contributed by atoms with Crippen molar-refractivity contribution >= 4 is 17.8 Å².